The van der Waals surface area contributed by atoms with Crippen LogP contribution in [-0.4, -0.2) is 31.8 Å². The molecule has 1 N–H and O–H groups in total. The molecule has 3 rings (SSSR count). The van der Waals surface area contributed by atoms with Gasteiger partial charge in [0.25, 0.3) is 0 Å². The molecule has 2 aromatic carbocycles. The Hall–Kier alpha value is -3.28. The van der Waals surface area contributed by atoms with Crippen LogP contribution in [-0.2, 0) is 17.6 Å². The number of nitrogens with one attached hydrogen (secondary N) is 1. The fraction of sp³-hybridized carbons (Fsp3) is 0.238. The standard InChI is InChI=1S/C21H22N2O4/c1-25-18-9-8-15(12-20(18)26-2)13-21(24)22-11-10-17-14-19(27-23-17)16-6-4-3-5-7-16/h3-9,12,14H,10-11,13H2,1-2H3,(H,22,24). The van der Waals surface area contributed by atoms with Gasteiger partial charge < -0.3 is 19.3 Å². The van der Waals surface area contributed by atoms with E-state index in [1.165, 1.54) is 0 Å². The van der Waals surface area contributed by atoms with Crippen molar-refractivity contribution in [2.24, 2.45) is 0 Å². The number of methoxy groups -OCH3 is 2. The Morgan fingerprint density at radius 2 is 1.81 bits per heavy atom. The maximum absolute atomic E-state index is 12.2. The predicted octanol–water partition coefficient (Wildman–Crippen LogP) is 3.26. The molecule has 1 aromatic heterocycles. The molecule has 0 aliphatic carbocycles. The van der Waals surface area contributed by atoms with Gasteiger partial charge in [-0.15, -0.1) is 0 Å². The lowest BCUT2D eigenvalue weighted by molar-refractivity contribution is -0.120. The molecule has 0 radical (unpaired) electrons. The van der Waals surface area contributed by atoms with Crippen molar-refractivity contribution < 1.29 is 18.8 Å². The zero-order chi connectivity index (χ0) is 19.1. The van der Waals surface area contributed by atoms with Crippen molar-refractivity contribution in [2.75, 3.05) is 20.8 Å². The number of hydrogen-bond acceptors (Lipinski definition) is 5. The van der Waals surface area contributed by atoms with E-state index in [2.05, 4.69) is 10.5 Å². The molecular formula is C21H22N2O4. The number of nitrogens with zero attached hydrogens (tertiary/aromatic N) is 1. The van der Waals surface area contributed by atoms with E-state index >= 15 is 0 Å². The van der Waals surface area contributed by atoms with Crippen LogP contribution in [0.3, 0.4) is 0 Å². The minimum Gasteiger partial charge on any atom is -0.493 e. The fourth-order valence-corrected chi connectivity index (χ4v) is 2.74. The largest absolute Gasteiger partial charge is 0.493 e. The summed E-state index contributed by atoms with van der Waals surface area (Å²) in [4.78, 5) is 12.2. The number of benzene rings is 2. The van der Waals surface area contributed by atoms with Gasteiger partial charge in [0.1, 0.15) is 0 Å². The molecule has 27 heavy (non-hydrogen) atoms. The molecular weight excluding hydrogens is 344 g/mol. The van der Waals surface area contributed by atoms with Gasteiger partial charge in [-0.25, -0.2) is 0 Å². The highest BCUT2D eigenvalue weighted by molar-refractivity contribution is 5.78. The summed E-state index contributed by atoms with van der Waals surface area (Å²) >= 11 is 0. The summed E-state index contributed by atoms with van der Waals surface area (Å²) in [5.74, 6) is 1.91. The third kappa shape index (κ3) is 4.88. The molecule has 0 atom stereocenters. The normalized spacial score (nSPS) is 10.4. The SMILES string of the molecule is COc1ccc(CC(=O)NCCc2cc(-c3ccccc3)on2)cc1OC. The van der Waals surface area contributed by atoms with Crippen LogP contribution in [0.4, 0.5) is 0 Å². The molecule has 0 bridgehead atoms. The maximum Gasteiger partial charge on any atom is 0.224 e. The Kier molecular flexibility index (Phi) is 6.10. The van der Waals surface area contributed by atoms with E-state index in [0.29, 0.717) is 24.5 Å². The van der Waals surface area contributed by atoms with Crippen molar-refractivity contribution in [3.05, 3.63) is 65.9 Å². The zero-order valence-corrected chi connectivity index (χ0v) is 15.4. The number of aromatic nitrogens is 1. The third-order valence-corrected chi connectivity index (χ3v) is 4.13. The molecule has 1 heterocycles. The third-order valence-electron chi connectivity index (χ3n) is 4.13. The quantitative estimate of drug-likeness (QED) is 0.662. The van der Waals surface area contributed by atoms with E-state index in [-0.39, 0.29) is 12.3 Å². The molecule has 140 valence electrons. The number of carbonyl (C=O) groups excluding carboxylic acids is 1. The van der Waals surface area contributed by atoms with Gasteiger partial charge in [-0.05, 0) is 17.7 Å². The van der Waals surface area contributed by atoms with Gasteiger partial charge >= 0.3 is 0 Å². The Balaban J connectivity index is 1.49. The minimum absolute atomic E-state index is 0.0611. The van der Waals surface area contributed by atoms with Gasteiger partial charge in [0.2, 0.25) is 5.91 Å². The van der Waals surface area contributed by atoms with E-state index in [0.717, 1.165) is 22.6 Å². The van der Waals surface area contributed by atoms with Crippen molar-refractivity contribution in [2.45, 2.75) is 12.8 Å². The van der Waals surface area contributed by atoms with Crippen LogP contribution in [0.2, 0.25) is 0 Å². The highest BCUT2D eigenvalue weighted by Gasteiger charge is 2.10. The number of rotatable bonds is 8. The first-order valence-electron chi connectivity index (χ1n) is 8.68. The average Bonchev–Trinajstić information content (AvgIpc) is 3.17. The molecule has 0 fully saturated rings. The molecule has 3 aromatic rings. The van der Waals surface area contributed by atoms with E-state index in [9.17, 15) is 4.79 Å². The lowest BCUT2D eigenvalue weighted by atomic mass is 10.1. The summed E-state index contributed by atoms with van der Waals surface area (Å²) in [5.41, 5.74) is 2.65. The van der Waals surface area contributed by atoms with Crippen LogP contribution in [0.15, 0.2) is 59.1 Å². The lowest BCUT2D eigenvalue weighted by Crippen LogP contribution is -2.27. The molecule has 0 saturated heterocycles. The zero-order valence-electron chi connectivity index (χ0n) is 15.4. The van der Waals surface area contributed by atoms with Crippen LogP contribution in [0, 0.1) is 0 Å². The molecule has 0 aliphatic rings. The van der Waals surface area contributed by atoms with Gasteiger partial charge in [-0.1, -0.05) is 41.6 Å². The van der Waals surface area contributed by atoms with Crippen LogP contribution >= 0.6 is 0 Å². The van der Waals surface area contributed by atoms with E-state index in [1.807, 2.05) is 48.5 Å². The smallest absolute Gasteiger partial charge is 0.224 e. The first-order chi connectivity index (χ1) is 13.2. The number of hydrogen-bond donors (Lipinski definition) is 1. The Labute approximate surface area is 158 Å². The van der Waals surface area contributed by atoms with Crippen LogP contribution < -0.4 is 14.8 Å². The van der Waals surface area contributed by atoms with Crippen molar-refractivity contribution in [1.82, 2.24) is 10.5 Å². The highest BCUT2D eigenvalue weighted by atomic mass is 16.5. The van der Waals surface area contributed by atoms with Gasteiger partial charge in [-0.2, -0.15) is 0 Å². The molecule has 0 unspecified atom stereocenters. The van der Waals surface area contributed by atoms with Gasteiger partial charge in [0.15, 0.2) is 17.3 Å². The Bertz CT molecular complexity index is 890. The average molecular weight is 366 g/mol. The first-order valence-corrected chi connectivity index (χ1v) is 8.68. The van der Waals surface area contributed by atoms with E-state index in [1.54, 1.807) is 20.3 Å². The molecule has 6 heteroatoms. The monoisotopic (exact) mass is 366 g/mol. The van der Waals surface area contributed by atoms with Crippen LogP contribution in [0.5, 0.6) is 11.5 Å². The minimum atomic E-state index is -0.0611. The molecule has 6 nitrogen and oxygen atoms in total. The fourth-order valence-electron chi connectivity index (χ4n) is 2.74. The van der Waals surface area contributed by atoms with Crippen molar-refractivity contribution >= 4 is 5.91 Å². The van der Waals surface area contributed by atoms with Gasteiger partial charge in [0, 0.05) is 24.6 Å². The topological polar surface area (TPSA) is 73.6 Å². The predicted molar refractivity (Wildman–Crippen MR) is 102 cm³/mol. The second-order valence-electron chi connectivity index (χ2n) is 6.01. The van der Waals surface area contributed by atoms with E-state index < -0.39 is 0 Å². The first kappa shape index (κ1) is 18.5. The summed E-state index contributed by atoms with van der Waals surface area (Å²) in [7, 11) is 3.15. The Morgan fingerprint density at radius 3 is 2.56 bits per heavy atom. The molecule has 0 saturated carbocycles. The molecule has 1 amide bonds. The number of amides is 1. The summed E-state index contributed by atoms with van der Waals surface area (Å²) in [6, 6.07) is 17.1. The molecule has 0 spiro atoms. The van der Waals surface area contributed by atoms with E-state index in [4.69, 9.17) is 14.0 Å². The maximum atomic E-state index is 12.2. The number of carbonyl (C=O) groups is 1. The summed E-state index contributed by atoms with van der Waals surface area (Å²) in [6.45, 7) is 0.493. The highest BCUT2D eigenvalue weighted by Crippen LogP contribution is 2.27. The second-order valence-corrected chi connectivity index (χ2v) is 6.01. The van der Waals surface area contributed by atoms with Crippen molar-refractivity contribution in [3.63, 3.8) is 0 Å². The van der Waals surface area contributed by atoms with Crippen LogP contribution in [0.25, 0.3) is 11.3 Å². The lowest BCUT2D eigenvalue weighted by Gasteiger charge is -2.09. The van der Waals surface area contributed by atoms with Crippen molar-refractivity contribution in [1.29, 1.82) is 0 Å². The van der Waals surface area contributed by atoms with Gasteiger partial charge in [-0.3, -0.25) is 4.79 Å². The van der Waals surface area contributed by atoms with Gasteiger partial charge in [0.05, 0.1) is 26.3 Å². The van der Waals surface area contributed by atoms with Crippen molar-refractivity contribution in [3.8, 4) is 22.8 Å². The summed E-state index contributed by atoms with van der Waals surface area (Å²) < 4.78 is 15.8. The van der Waals surface area contributed by atoms with Crippen LogP contribution in [0.1, 0.15) is 11.3 Å². The molecule has 0 aliphatic heterocycles. The summed E-state index contributed by atoms with van der Waals surface area (Å²) in [6.07, 6.45) is 0.877. The number of ether oxygens (including phenoxy) is 2. The second kappa shape index (κ2) is 8.89. The Morgan fingerprint density at radius 1 is 1.04 bits per heavy atom. The summed E-state index contributed by atoms with van der Waals surface area (Å²) in [5, 5.41) is 6.96.